The molecule has 0 spiro atoms. The molecular weight excluding hydrogens is 302 g/mol. The van der Waals surface area contributed by atoms with Gasteiger partial charge in [0.2, 0.25) is 0 Å². The van der Waals surface area contributed by atoms with Crippen LogP contribution in [-0.2, 0) is 13.0 Å². The molecule has 0 aliphatic heterocycles. The first-order chi connectivity index (χ1) is 7.75. The van der Waals surface area contributed by atoms with Gasteiger partial charge in [0.15, 0.2) is 0 Å². The molecule has 2 aromatic rings. The van der Waals surface area contributed by atoms with Crippen molar-refractivity contribution < 1.29 is 0 Å². The summed E-state index contributed by atoms with van der Waals surface area (Å²) in [6.45, 7) is 4.21. The second-order valence-electron chi connectivity index (χ2n) is 3.68. The maximum absolute atomic E-state index is 3.48. The Kier molecular flexibility index (Phi) is 4.58. The number of thiophene rings is 2. The summed E-state index contributed by atoms with van der Waals surface area (Å²) in [7, 11) is 0. The van der Waals surface area contributed by atoms with Crippen molar-refractivity contribution in [1.82, 2.24) is 5.32 Å². The summed E-state index contributed by atoms with van der Waals surface area (Å²) in [6.07, 6.45) is 1.13. The first-order valence-corrected chi connectivity index (χ1v) is 7.77. The van der Waals surface area contributed by atoms with Crippen molar-refractivity contribution in [2.45, 2.75) is 19.9 Å². The van der Waals surface area contributed by atoms with Gasteiger partial charge in [-0.2, -0.15) is 0 Å². The molecule has 2 heterocycles. The predicted molar refractivity (Wildman–Crippen MR) is 76.5 cm³/mol. The van der Waals surface area contributed by atoms with Gasteiger partial charge < -0.3 is 5.32 Å². The zero-order valence-corrected chi connectivity index (χ0v) is 12.3. The summed E-state index contributed by atoms with van der Waals surface area (Å²) >= 11 is 7.12. The summed E-state index contributed by atoms with van der Waals surface area (Å²) in [4.78, 5) is 2.88. The molecule has 16 heavy (non-hydrogen) atoms. The van der Waals surface area contributed by atoms with Gasteiger partial charge in [0.1, 0.15) is 0 Å². The number of hydrogen-bond donors (Lipinski definition) is 1. The van der Waals surface area contributed by atoms with Crippen LogP contribution >= 0.6 is 38.6 Å². The van der Waals surface area contributed by atoms with Crippen LogP contribution in [0.2, 0.25) is 0 Å². The average molecular weight is 316 g/mol. The smallest absolute Gasteiger partial charge is 0.0300 e. The molecule has 1 N–H and O–H groups in total. The van der Waals surface area contributed by atoms with Crippen LogP contribution in [0.4, 0.5) is 0 Å². The number of aryl methyl sites for hydroxylation is 1. The molecule has 1 nitrogen and oxygen atoms in total. The van der Waals surface area contributed by atoms with Crippen molar-refractivity contribution in [3.05, 3.63) is 42.7 Å². The van der Waals surface area contributed by atoms with Crippen LogP contribution < -0.4 is 5.32 Å². The van der Waals surface area contributed by atoms with Crippen molar-refractivity contribution >= 4 is 38.6 Å². The third-order valence-electron chi connectivity index (χ3n) is 2.42. The molecule has 0 saturated carbocycles. The predicted octanol–water partition coefficient (Wildman–Crippen LogP) is 4.21. The van der Waals surface area contributed by atoms with E-state index >= 15 is 0 Å². The Labute approximate surface area is 113 Å². The van der Waals surface area contributed by atoms with Crippen molar-refractivity contribution in [2.75, 3.05) is 6.54 Å². The van der Waals surface area contributed by atoms with Crippen LogP contribution in [0.15, 0.2) is 27.4 Å². The Morgan fingerprint density at radius 2 is 2.25 bits per heavy atom. The lowest BCUT2D eigenvalue weighted by atomic mass is 10.2. The number of hydrogen-bond acceptors (Lipinski definition) is 3. The number of nitrogens with one attached hydrogen (secondary N) is 1. The minimum atomic E-state index is 0.973. The minimum absolute atomic E-state index is 0.973. The SMILES string of the molecule is Cc1ccsc1CCNCc1cc(Br)cs1. The van der Waals surface area contributed by atoms with Crippen LogP contribution in [0.25, 0.3) is 0 Å². The highest BCUT2D eigenvalue weighted by Gasteiger charge is 2.00. The molecule has 0 aliphatic rings. The van der Waals surface area contributed by atoms with Gasteiger partial charge in [-0.25, -0.2) is 0 Å². The Balaban J connectivity index is 1.71. The zero-order valence-electron chi connectivity index (χ0n) is 9.13. The molecule has 0 saturated heterocycles. The van der Waals surface area contributed by atoms with E-state index in [-0.39, 0.29) is 0 Å². The van der Waals surface area contributed by atoms with E-state index in [0.717, 1.165) is 19.5 Å². The van der Waals surface area contributed by atoms with E-state index in [1.807, 2.05) is 11.3 Å². The van der Waals surface area contributed by atoms with Gasteiger partial charge >= 0.3 is 0 Å². The Hall–Kier alpha value is -0.160. The molecule has 0 unspecified atom stereocenters. The first kappa shape index (κ1) is 12.3. The van der Waals surface area contributed by atoms with Crippen molar-refractivity contribution in [3.63, 3.8) is 0 Å². The van der Waals surface area contributed by atoms with Gasteiger partial charge in [0.05, 0.1) is 0 Å². The van der Waals surface area contributed by atoms with Gasteiger partial charge in [-0.3, -0.25) is 0 Å². The Morgan fingerprint density at radius 1 is 1.38 bits per heavy atom. The summed E-state index contributed by atoms with van der Waals surface area (Å²) in [5.41, 5.74) is 1.42. The number of halogens is 1. The van der Waals surface area contributed by atoms with Gasteiger partial charge in [0, 0.05) is 32.7 Å². The highest BCUT2D eigenvalue weighted by atomic mass is 79.9. The topological polar surface area (TPSA) is 12.0 Å². The zero-order chi connectivity index (χ0) is 11.4. The second kappa shape index (κ2) is 5.96. The Bertz CT molecular complexity index is 447. The molecule has 0 fully saturated rings. The van der Waals surface area contributed by atoms with E-state index in [1.165, 1.54) is 19.8 Å². The highest BCUT2D eigenvalue weighted by Crippen LogP contribution is 2.19. The van der Waals surface area contributed by atoms with E-state index in [1.54, 1.807) is 11.3 Å². The second-order valence-corrected chi connectivity index (χ2v) is 6.60. The minimum Gasteiger partial charge on any atom is -0.311 e. The van der Waals surface area contributed by atoms with Crippen LogP contribution in [0, 0.1) is 6.92 Å². The van der Waals surface area contributed by atoms with Gasteiger partial charge in [-0.05, 0) is 52.4 Å². The summed E-state index contributed by atoms with van der Waals surface area (Å²) < 4.78 is 1.18. The molecule has 0 radical (unpaired) electrons. The molecule has 0 bridgehead atoms. The van der Waals surface area contributed by atoms with E-state index < -0.39 is 0 Å². The van der Waals surface area contributed by atoms with Crippen molar-refractivity contribution in [2.24, 2.45) is 0 Å². The van der Waals surface area contributed by atoms with Crippen LogP contribution in [-0.4, -0.2) is 6.54 Å². The third kappa shape index (κ3) is 3.42. The largest absolute Gasteiger partial charge is 0.311 e. The van der Waals surface area contributed by atoms with E-state index in [4.69, 9.17) is 0 Å². The van der Waals surface area contributed by atoms with Crippen LogP contribution in [0.3, 0.4) is 0 Å². The standard InChI is InChI=1S/C12H14BrNS2/c1-9-3-5-15-12(9)2-4-14-7-11-6-10(13)8-16-11/h3,5-6,8,14H,2,4,7H2,1H3. The van der Waals surface area contributed by atoms with Gasteiger partial charge in [-0.1, -0.05) is 0 Å². The third-order valence-corrected chi connectivity index (χ3v) is 5.20. The lowest BCUT2D eigenvalue weighted by molar-refractivity contribution is 0.696. The average Bonchev–Trinajstić information content (AvgIpc) is 2.83. The fourth-order valence-electron chi connectivity index (χ4n) is 1.52. The number of rotatable bonds is 5. The van der Waals surface area contributed by atoms with Crippen molar-refractivity contribution in [1.29, 1.82) is 0 Å². The van der Waals surface area contributed by atoms with Gasteiger partial charge in [0.25, 0.3) is 0 Å². The molecule has 0 aliphatic carbocycles. The fraction of sp³-hybridized carbons (Fsp3) is 0.333. The van der Waals surface area contributed by atoms with E-state index in [9.17, 15) is 0 Å². The Morgan fingerprint density at radius 3 is 2.88 bits per heavy atom. The molecule has 4 heteroatoms. The molecule has 2 aromatic heterocycles. The lowest BCUT2D eigenvalue weighted by Crippen LogP contribution is -2.15. The fourth-order valence-corrected chi connectivity index (χ4v) is 3.85. The molecular formula is C12H14BrNS2. The molecule has 0 atom stereocenters. The van der Waals surface area contributed by atoms with E-state index in [2.05, 4.69) is 51.1 Å². The van der Waals surface area contributed by atoms with E-state index in [0.29, 0.717) is 0 Å². The monoisotopic (exact) mass is 315 g/mol. The van der Waals surface area contributed by atoms with Crippen LogP contribution in [0.5, 0.6) is 0 Å². The van der Waals surface area contributed by atoms with Gasteiger partial charge in [-0.15, -0.1) is 22.7 Å². The van der Waals surface area contributed by atoms with Crippen molar-refractivity contribution in [3.8, 4) is 0 Å². The molecule has 0 aromatic carbocycles. The molecule has 0 amide bonds. The maximum Gasteiger partial charge on any atom is 0.0300 e. The van der Waals surface area contributed by atoms with Crippen LogP contribution in [0.1, 0.15) is 15.3 Å². The maximum atomic E-state index is 3.48. The lowest BCUT2D eigenvalue weighted by Gasteiger charge is -2.02. The normalized spacial score (nSPS) is 10.9. The summed E-state index contributed by atoms with van der Waals surface area (Å²) in [5, 5.41) is 7.77. The highest BCUT2D eigenvalue weighted by molar-refractivity contribution is 9.10. The summed E-state index contributed by atoms with van der Waals surface area (Å²) in [5.74, 6) is 0. The molecule has 86 valence electrons. The molecule has 2 rings (SSSR count). The first-order valence-electron chi connectivity index (χ1n) is 5.22. The quantitative estimate of drug-likeness (QED) is 0.815. The summed E-state index contributed by atoms with van der Waals surface area (Å²) in [6, 6.07) is 4.37.